The molecule has 1 saturated heterocycles. The van der Waals surface area contributed by atoms with E-state index in [1.165, 1.54) is 5.57 Å². The molecule has 5 aliphatic rings. The van der Waals surface area contributed by atoms with Crippen molar-refractivity contribution in [3.63, 3.8) is 0 Å². The highest BCUT2D eigenvalue weighted by molar-refractivity contribution is 5.91. The van der Waals surface area contributed by atoms with E-state index in [0.29, 0.717) is 36.5 Å². The van der Waals surface area contributed by atoms with Crippen LogP contribution in [0.2, 0.25) is 0 Å². The number of carbonyl (C=O) groups excluding carboxylic acids is 1. The molecule has 186 valence electrons. The van der Waals surface area contributed by atoms with Gasteiger partial charge in [-0.2, -0.15) is 0 Å². The summed E-state index contributed by atoms with van der Waals surface area (Å²) in [5.74, 6) is 3.38. The molecule has 8 heteroatoms. The van der Waals surface area contributed by atoms with Crippen LogP contribution in [0, 0.1) is 41.4 Å². The molecule has 11 atom stereocenters. The van der Waals surface area contributed by atoms with E-state index in [0.717, 1.165) is 38.5 Å². The second-order valence-corrected chi connectivity index (χ2v) is 11.1. The number of carboxylic acids is 1. The SMILES string of the molecule is C#C[C@]1(O[C@H]2O[C@H](C(=O)O)[C@H](O)[C@@H](O)[C@H]2O)CC[C@H]2[C@@H]3CCC4=CC(=O)CC[C@H]4[C@H]3CC[C@@]21C. The Kier molecular flexibility index (Phi) is 5.93. The largest absolute Gasteiger partial charge is 0.479 e. The lowest BCUT2D eigenvalue weighted by Gasteiger charge is -2.56. The van der Waals surface area contributed by atoms with Gasteiger partial charge < -0.3 is 29.9 Å². The second-order valence-electron chi connectivity index (χ2n) is 11.1. The van der Waals surface area contributed by atoms with Crippen molar-refractivity contribution in [3.05, 3.63) is 11.6 Å². The quantitative estimate of drug-likeness (QED) is 0.451. The first-order valence-electron chi connectivity index (χ1n) is 12.4. The lowest BCUT2D eigenvalue weighted by Crippen LogP contribution is -2.63. The fourth-order valence-electron chi connectivity index (χ4n) is 7.99. The van der Waals surface area contributed by atoms with Crippen molar-refractivity contribution in [2.24, 2.45) is 29.1 Å². The molecule has 1 heterocycles. The Morgan fingerprint density at radius 1 is 1.09 bits per heavy atom. The maximum Gasteiger partial charge on any atom is 0.335 e. The summed E-state index contributed by atoms with van der Waals surface area (Å²) in [7, 11) is 0. The van der Waals surface area contributed by atoms with Gasteiger partial charge in [0.2, 0.25) is 0 Å². The highest BCUT2D eigenvalue weighted by Gasteiger charge is 2.64. The highest BCUT2D eigenvalue weighted by Crippen LogP contribution is 2.66. The van der Waals surface area contributed by atoms with Gasteiger partial charge in [-0.15, -0.1) is 6.42 Å². The van der Waals surface area contributed by atoms with E-state index < -0.39 is 47.7 Å². The number of fused-ring (bicyclic) bond motifs is 5. The van der Waals surface area contributed by atoms with Gasteiger partial charge in [0.15, 0.2) is 18.2 Å². The lowest BCUT2D eigenvalue weighted by molar-refractivity contribution is -0.324. The van der Waals surface area contributed by atoms with Crippen LogP contribution in [0.4, 0.5) is 0 Å². The summed E-state index contributed by atoms with van der Waals surface area (Å²) in [6.07, 6.45) is 6.30. The van der Waals surface area contributed by atoms with Gasteiger partial charge in [0.25, 0.3) is 0 Å². The standard InChI is InChI=1S/C26H34O8/c1-3-26(34-24-21(30)19(28)20(29)22(33-24)23(31)32)11-9-18-17-6-4-13-12-14(27)5-7-15(13)16(17)8-10-25(18,26)2/h1,12,15-22,24,28-30H,4-11H2,2H3,(H,31,32)/t15-,16-,17-,18+,19-,20-,21-,22+,24-,25+,26+/m1/s1. The second kappa shape index (κ2) is 8.42. The number of hydrogen-bond acceptors (Lipinski definition) is 7. The summed E-state index contributed by atoms with van der Waals surface area (Å²) in [4.78, 5) is 23.5. The van der Waals surface area contributed by atoms with Gasteiger partial charge >= 0.3 is 5.97 Å². The Bertz CT molecular complexity index is 938. The Hall–Kier alpha value is -1.76. The summed E-state index contributed by atoms with van der Waals surface area (Å²) in [6.45, 7) is 2.13. The number of hydrogen-bond donors (Lipinski definition) is 4. The van der Waals surface area contributed by atoms with E-state index in [9.17, 15) is 30.0 Å². The molecule has 5 rings (SSSR count). The number of carbonyl (C=O) groups is 2. The third kappa shape index (κ3) is 3.40. The van der Waals surface area contributed by atoms with Crippen molar-refractivity contribution >= 4 is 11.8 Å². The third-order valence-electron chi connectivity index (χ3n) is 9.78. The van der Waals surface area contributed by atoms with E-state index in [1.807, 2.05) is 6.08 Å². The number of ether oxygens (including phenoxy) is 2. The van der Waals surface area contributed by atoms with Crippen LogP contribution in [0.15, 0.2) is 11.6 Å². The maximum absolute atomic E-state index is 11.9. The van der Waals surface area contributed by atoms with Crippen molar-refractivity contribution < 1.29 is 39.5 Å². The number of aliphatic hydroxyl groups excluding tert-OH is 3. The van der Waals surface area contributed by atoms with E-state index in [2.05, 4.69) is 12.8 Å². The average Bonchev–Trinajstić information content (AvgIpc) is 3.11. The molecule has 3 saturated carbocycles. The Morgan fingerprint density at radius 3 is 2.56 bits per heavy atom. The molecule has 34 heavy (non-hydrogen) atoms. The van der Waals surface area contributed by atoms with E-state index >= 15 is 0 Å². The van der Waals surface area contributed by atoms with Crippen LogP contribution in [-0.2, 0) is 19.1 Å². The summed E-state index contributed by atoms with van der Waals surface area (Å²) >= 11 is 0. The minimum Gasteiger partial charge on any atom is -0.479 e. The minimum atomic E-state index is -1.77. The van der Waals surface area contributed by atoms with Crippen LogP contribution in [0.1, 0.15) is 58.3 Å². The first-order valence-corrected chi connectivity index (χ1v) is 12.4. The zero-order valence-electron chi connectivity index (χ0n) is 19.4. The third-order valence-corrected chi connectivity index (χ3v) is 9.78. The van der Waals surface area contributed by atoms with Gasteiger partial charge in [-0.3, -0.25) is 4.79 Å². The number of allylic oxidation sites excluding steroid dienone is 1. The topological polar surface area (TPSA) is 134 Å². The monoisotopic (exact) mass is 474 g/mol. The minimum absolute atomic E-state index is 0.240. The Balaban J connectivity index is 1.40. The fraction of sp³-hybridized carbons (Fsp3) is 0.769. The Morgan fingerprint density at radius 2 is 1.85 bits per heavy atom. The zero-order valence-corrected chi connectivity index (χ0v) is 19.4. The molecule has 0 unspecified atom stereocenters. The average molecular weight is 475 g/mol. The van der Waals surface area contributed by atoms with Gasteiger partial charge in [0.05, 0.1) is 0 Å². The van der Waals surface area contributed by atoms with E-state index in [4.69, 9.17) is 15.9 Å². The Labute approximate surface area is 199 Å². The number of aliphatic carboxylic acids is 1. The molecule has 4 N–H and O–H groups in total. The molecule has 0 amide bonds. The molecule has 8 nitrogen and oxygen atoms in total. The van der Waals surface area contributed by atoms with Crippen molar-refractivity contribution in [1.29, 1.82) is 0 Å². The maximum atomic E-state index is 11.9. The normalized spacial score (nSPS) is 50.4. The number of carboxylic acid groups (broad SMARTS) is 1. The number of aliphatic hydroxyl groups is 3. The predicted molar refractivity (Wildman–Crippen MR) is 119 cm³/mol. The molecule has 0 spiro atoms. The van der Waals surface area contributed by atoms with E-state index in [-0.39, 0.29) is 5.78 Å². The molecular weight excluding hydrogens is 440 g/mol. The van der Waals surface area contributed by atoms with E-state index in [1.54, 1.807) is 0 Å². The molecule has 0 aromatic rings. The van der Waals surface area contributed by atoms with Crippen LogP contribution < -0.4 is 0 Å². The van der Waals surface area contributed by atoms with Crippen molar-refractivity contribution in [2.75, 3.05) is 0 Å². The summed E-state index contributed by atoms with van der Waals surface area (Å²) in [5, 5.41) is 40.2. The molecule has 0 aromatic carbocycles. The van der Waals surface area contributed by atoms with Gasteiger partial charge in [0, 0.05) is 11.8 Å². The van der Waals surface area contributed by atoms with Crippen LogP contribution in [0.25, 0.3) is 0 Å². The van der Waals surface area contributed by atoms with Crippen LogP contribution in [0.5, 0.6) is 0 Å². The van der Waals surface area contributed by atoms with Gasteiger partial charge in [-0.25, -0.2) is 4.79 Å². The number of terminal acetylenes is 1. The summed E-state index contributed by atoms with van der Waals surface area (Å²) in [5.41, 5.74) is -0.181. The van der Waals surface area contributed by atoms with Gasteiger partial charge in [-0.1, -0.05) is 18.4 Å². The van der Waals surface area contributed by atoms with Gasteiger partial charge in [0.1, 0.15) is 23.9 Å². The molecule has 0 bridgehead atoms. The zero-order chi connectivity index (χ0) is 24.4. The first-order chi connectivity index (χ1) is 16.1. The first kappa shape index (κ1) is 24.0. The fourth-order valence-corrected chi connectivity index (χ4v) is 7.99. The van der Waals surface area contributed by atoms with Crippen LogP contribution >= 0.6 is 0 Å². The van der Waals surface area contributed by atoms with Gasteiger partial charge in [-0.05, 0) is 74.7 Å². The molecule has 1 aliphatic heterocycles. The molecule has 0 radical (unpaired) electrons. The molecule has 0 aromatic heterocycles. The van der Waals surface area contributed by atoms with Crippen molar-refractivity contribution in [2.45, 2.75) is 94.6 Å². The lowest BCUT2D eigenvalue weighted by atomic mass is 9.50. The number of ketones is 1. The smallest absolute Gasteiger partial charge is 0.335 e. The van der Waals surface area contributed by atoms with Crippen LogP contribution in [-0.4, -0.2) is 68.5 Å². The summed E-state index contributed by atoms with van der Waals surface area (Å²) < 4.78 is 11.7. The van der Waals surface area contributed by atoms with Crippen molar-refractivity contribution in [3.8, 4) is 12.3 Å². The molecular formula is C26H34O8. The van der Waals surface area contributed by atoms with Crippen molar-refractivity contribution in [1.82, 2.24) is 0 Å². The summed E-state index contributed by atoms with van der Waals surface area (Å²) in [6, 6.07) is 0. The molecule has 4 fully saturated rings. The van der Waals surface area contributed by atoms with Crippen LogP contribution in [0.3, 0.4) is 0 Å². The highest BCUT2D eigenvalue weighted by atomic mass is 16.7. The number of rotatable bonds is 3. The molecule has 4 aliphatic carbocycles. The predicted octanol–water partition coefficient (Wildman–Crippen LogP) is 1.41.